The van der Waals surface area contributed by atoms with Gasteiger partial charge < -0.3 is 10.2 Å². The van der Waals surface area contributed by atoms with Crippen LogP contribution in [0.1, 0.15) is 26.7 Å². The molecular weight excluding hydrogens is 245 g/mol. The summed E-state index contributed by atoms with van der Waals surface area (Å²) in [6, 6.07) is 0.280. The molecule has 18 heavy (non-hydrogen) atoms. The maximum absolute atomic E-state index is 12.4. The van der Waals surface area contributed by atoms with Crippen molar-refractivity contribution < 1.29 is 18.0 Å². The molecule has 0 aromatic heterocycles. The first-order valence-corrected chi connectivity index (χ1v) is 6.39. The highest BCUT2D eigenvalue weighted by molar-refractivity contribution is 5.80. The summed E-state index contributed by atoms with van der Waals surface area (Å²) in [5.74, 6) is -1.80. The number of carbonyl (C=O) groups excluding carboxylic acids is 1. The van der Waals surface area contributed by atoms with Gasteiger partial charge in [0.05, 0.1) is 5.92 Å². The second-order valence-electron chi connectivity index (χ2n) is 5.56. The number of nitrogens with zero attached hydrogens (tertiary/aromatic N) is 1. The summed E-state index contributed by atoms with van der Waals surface area (Å²) in [7, 11) is 0. The highest BCUT2D eigenvalue weighted by atomic mass is 19.4. The maximum Gasteiger partial charge on any atom is 0.391 e. The molecule has 2 aliphatic rings. The van der Waals surface area contributed by atoms with Gasteiger partial charge in [-0.3, -0.25) is 4.79 Å². The van der Waals surface area contributed by atoms with Gasteiger partial charge in [-0.1, -0.05) is 0 Å². The zero-order valence-electron chi connectivity index (χ0n) is 10.6. The molecule has 0 spiro atoms. The average molecular weight is 264 g/mol. The number of rotatable bonds is 1. The van der Waals surface area contributed by atoms with Gasteiger partial charge in [0.15, 0.2) is 0 Å². The fourth-order valence-corrected chi connectivity index (χ4v) is 2.65. The van der Waals surface area contributed by atoms with Crippen molar-refractivity contribution in [2.75, 3.05) is 13.1 Å². The number of hydrogen-bond acceptors (Lipinski definition) is 2. The highest BCUT2D eigenvalue weighted by Crippen LogP contribution is 2.45. The van der Waals surface area contributed by atoms with Crippen LogP contribution in [0.15, 0.2) is 0 Å². The van der Waals surface area contributed by atoms with E-state index >= 15 is 0 Å². The molecule has 3 nitrogen and oxygen atoms in total. The highest BCUT2D eigenvalue weighted by Gasteiger charge is 2.51. The number of piperazine rings is 1. The SMILES string of the molecule is C[C@@H]1CN[C@@H](C)CN1C(=O)C1CC(C(F)(F)F)C1. The smallest absolute Gasteiger partial charge is 0.337 e. The number of carbonyl (C=O) groups is 1. The van der Waals surface area contributed by atoms with Gasteiger partial charge in [0, 0.05) is 31.1 Å². The van der Waals surface area contributed by atoms with E-state index in [2.05, 4.69) is 5.32 Å². The Labute approximate surface area is 105 Å². The van der Waals surface area contributed by atoms with Crippen LogP contribution < -0.4 is 5.32 Å². The molecule has 2 atom stereocenters. The fraction of sp³-hybridized carbons (Fsp3) is 0.917. The van der Waals surface area contributed by atoms with E-state index in [0.29, 0.717) is 13.1 Å². The Bertz CT molecular complexity index is 326. The molecule has 0 unspecified atom stereocenters. The van der Waals surface area contributed by atoms with Crippen molar-refractivity contribution in [2.45, 2.75) is 44.9 Å². The monoisotopic (exact) mass is 264 g/mol. The van der Waals surface area contributed by atoms with E-state index in [1.54, 1.807) is 4.90 Å². The lowest BCUT2D eigenvalue weighted by molar-refractivity contribution is -0.207. The summed E-state index contributed by atoms with van der Waals surface area (Å²) in [6.07, 6.45) is -4.21. The van der Waals surface area contributed by atoms with E-state index in [-0.39, 0.29) is 30.8 Å². The van der Waals surface area contributed by atoms with E-state index in [4.69, 9.17) is 0 Å². The van der Waals surface area contributed by atoms with Crippen molar-refractivity contribution >= 4 is 5.91 Å². The number of amides is 1. The number of alkyl halides is 3. The van der Waals surface area contributed by atoms with E-state index in [1.165, 1.54) is 0 Å². The second-order valence-corrected chi connectivity index (χ2v) is 5.56. The Morgan fingerprint density at radius 2 is 1.89 bits per heavy atom. The van der Waals surface area contributed by atoms with Crippen molar-refractivity contribution in [3.05, 3.63) is 0 Å². The Morgan fingerprint density at radius 1 is 1.28 bits per heavy atom. The Morgan fingerprint density at radius 3 is 2.44 bits per heavy atom. The first kappa shape index (κ1) is 13.6. The molecule has 1 N–H and O–H groups in total. The molecule has 1 saturated carbocycles. The van der Waals surface area contributed by atoms with Crippen LogP contribution in [0.5, 0.6) is 0 Å². The third-order valence-corrected chi connectivity index (χ3v) is 4.00. The van der Waals surface area contributed by atoms with Crippen molar-refractivity contribution in [3.63, 3.8) is 0 Å². The lowest BCUT2D eigenvalue weighted by atomic mass is 9.73. The Kier molecular flexibility index (Phi) is 3.58. The zero-order valence-corrected chi connectivity index (χ0v) is 10.6. The van der Waals surface area contributed by atoms with Crippen LogP contribution in [0.25, 0.3) is 0 Å². The second kappa shape index (κ2) is 4.72. The van der Waals surface area contributed by atoms with Crippen molar-refractivity contribution in [3.8, 4) is 0 Å². The van der Waals surface area contributed by atoms with Crippen LogP contribution in [-0.4, -0.2) is 42.2 Å². The van der Waals surface area contributed by atoms with Crippen LogP contribution in [0.2, 0.25) is 0 Å². The molecule has 1 aliphatic heterocycles. The first-order valence-electron chi connectivity index (χ1n) is 6.39. The van der Waals surface area contributed by atoms with Gasteiger partial charge in [0.1, 0.15) is 0 Å². The van der Waals surface area contributed by atoms with Crippen LogP contribution in [-0.2, 0) is 4.79 Å². The van der Waals surface area contributed by atoms with Crippen LogP contribution in [0.3, 0.4) is 0 Å². The van der Waals surface area contributed by atoms with Crippen LogP contribution >= 0.6 is 0 Å². The number of halogens is 3. The maximum atomic E-state index is 12.4. The molecular formula is C12H19F3N2O. The lowest BCUT2D eigenvalue weighted by Gasteiger charge is -2.43. The predicted molar refractivity (Wildman–Crippen MR) is 60.9 cm³/mol. The summed E-state index contributed by atoms with van der Waals surface area (Å²) in [4.78, 5) is 13.9. The molecule has 0 aromatic carbocycles. The summed E-state index contributed by atoms with van der Waals surface area (Å²) in [5, 5.41) is 3.25. The zero-order chi connectivity index (χ0) is 13.5. The van der Waals surface area contributed by atoms with Crippen molar-refractivity contribution in [1.29, 1.82) is 0 Å². The molecule has 1 amide bonds. The van der Waals surface area contributed by atoms with Crippen LogP contribution in [0, 0.1) is 11.8 Å². The minimum atomic E-state index is -4.14. The third kappa shape index (κ3) is 2.63. The standard InChI is InChI=1S/C12H19F3N2O/c1-7-6-17(8(2)5-16-7)11(18)9-3-10(4-9)12(13,14)15/h7-10,16H,3-6H2,1-2H3/t7-,8+,9?,10?/m0/s1. The van der Waals surface area contributed by atoms with Gasteiger partial charge in [-0.25, -0.2) is 0 Å². The molecule has 1 aliphatic carbocycles. The first-order chi connectivity index (χ1) is 8.29. The summed E-state index contributed by atoms with van der Waals surface area (Å²) in [5.41, 5.74) is 0. The third-order valence-electron chi connectivity index (χ3n) is 4.00. The topological polar surface area (TPSA) is 32.3 Å². The van der Waals surface area contributed by atoms with Crippen molar-refractivity contribution in [1.82, 2.24) is 10.2 Å². The summed E-state index contributed by atoms with van der Waals surface area (Å²) in [6.45, 7) is 5.21. The molecule has 6 heteroatoms. The van der Waals surface area contributed by atoms with Gasteiger partial charge in [0.2, 0.25) is 5.91 Å². The van der Waals surface area contributed by atoms with Gasteiger partial charge >= 0.3 is 6.18 Å². The number of hydrogen-bond donors (Lipinski definition) is 1. The number of nitrogens with one attached hydrogen (secondary N) is 1. The molecule has 2 fully saturated rings. The molecule has 0 aromatic rings. The van der Waals surface area contributed by atoms with E-state index in [9.17, 15) is 18.0 Å². The van der Waals surface area contributed by atoms with E-state index < -0.39 is 18.0 Å². The largest absolute Gasteiger partial charge is 0.391 e. The minimum Gasteiger partial charge on any atom is -0.337 e. The molecule has 1 saturated heterocycles. The normalized spacial score (nSPS) is 37.3. The Hall–Kier alpha value is -0.780. The Balaban J connectivity index is 1.89. The molecule has 1 heterocycles. The average Bonchev–Trinajstić information content (AvgIpc) is 2.17. The fourth-order valence-electron chi connectivity index (χ4n) is 2.65. The van der Waals surface area contributed by atoms with Gasteiger partial charge in [-0.15, -0.1) is 0 Å². The van der Waals surface area contributed by atoms with E-state index in [0.717, 1.165) is 0 Å². The predicted octanol–water partition coefficient (Wildman–Crippen LogP) is 1.78. The van der Waals surface area contributed by atoms with Gasteiger partial charge in [0.25, 0.3) is 0 Å². The summed E-state index contributed by atoms with van der Waals surface area (Å²) >= 11 is 0. The lowest BCUT2D eigenvalue weighted by Crippen LogP contribution is -2.58. The quantitative estimate of drug-likeness (QED) is 0.783. The minimum absolute atomic E-state index is 0.0344. The van der Waals surface area contributed by atoms with Crippen LogP contribution in [0.4, 0.5) is 13.2 Å². The van der Waals surface area contributed by atoms with Gasteiger partial charge in [-0.2, -0.15) is 13.2 Å². The van der Waals surface area contributed by atoms with E-state index in [1.807, 2.05) is 13.8 Å². The summed E-state index contributed by atoms with van der Waals surface area (Å²) < 4.78 is 37.2. The van der Waals surface area contributed by atoms with Crippen molar-refractivity contribution in [2.24, 2.45) is 11.8 Å². The molecule has 2 rings (SSSR count). The molecule has 0 bridgehead atoms. The molecule has 0 radical (unpaired) electrons. The molecule has 104 valence electrons. The van der Waals surface area contributed by atoms with Gasteiger partial charge in [-0.05, 0) is 26.7 Å².